The summed E-state index contributed by atoms with van der Waals surface area (Å²) in [6, 6.07) is 18.3. The number of pyridine rings is 4. The van der Waals surface area contributed by atoms with Gasteiger partial charge in [0.05, 0.1) is 90.4 Å². The van der Waals surface area contributed by atoms with Crippen molar-refractivity contribution in [3.8, 4) is 34.0 Å². The molecule has 0 fully saturated rings. The number of aliphatic hydroxyl groups is 1. The predicted molar refractivity (Wildman–Crippen MR) is 287 cm³/mol. The Labute approximate surface area is 504 Å². The zero-order valence-corrected chi connectivity index (χ0v) is 48.9. The van der Waals surface area contributed by atoms with Crippen molar-refractivity contribution in [2.75, 3.05) is 118 Å². The van der Waals surface area contributed by atoms with Crippen LogP contribution < -0.4 is 14.8 Å². The van der Waals surface area contributed by atoms with E-state index in [1.807, 2.05) is 0 Å². The van der Waals surface area contributed by atoms with E-state index in [0.717, 1.165) is 86.1 Å². The topological polar surface area (TPSA) is 184 Å². The van der Waals surface area contributed by atoms with Crippen LogP contribution in [0.15, 0.2) is 110 Å². The van der Waals surface area contributed by atoms with Crippen LogP contribution in [0.2, 0.25) is 0 Å². The maximum atomic E-state index is 13.3. The summed E-state index contributed by atoms with van der Waals surface area (Å²) in [5.74, 6) is -1.22. The first-order valence-corrected chi connectivity index (χ1v) is 26.5. The van der Waals surface area contributed by atoms with E-state index in [4.69, 9.17) is 59.3 Å². The van der Waals surface area contributed by atoms with Gasteiger partial charge in [-0.05, 0) is 48.5 Å². The maximum absolute atomic E-state index is 13.3. The quantitative estimate of drug-likeness (QED) is 0.0172. The molecule has 4 heterocycles. The van der Waals surface area contributed by atoms with Crippen molar-refractivity contribution in [1.29, 1.82) is 0 Å². The van der Waals surface area contributed by atoms with Crippen molar-refractivity contribution in [3.05, 3.63) is 157 Å². The number of amides is 1. The van der Waals surface area contributed by atoms with Gasteiger partial charge in [-0.3, -0.25) is 27.5 Å². The van der Waals surface area contributed by atoms with Gasteiger partial charge < -0.3 is 63.0 Å². The SMILES string of the molecule is Fc1c[c-]c(-c2ccc(C(F)(F)F)cn2)c(F)c1.Fc1c[c-]c(-c2ccc(C(F)(F)F)cn2)c(F)c1.O=C(NCCOCCOCCCCCCCl)OCCOCCOCCOc1ccncc1.OCCOCCOCCOc1ccncc1.[Ir]. The van der Waals surface area contributed by atoms with Crippen molar-refractivity contribution in [1.82, 2.24) is 25.3 Å². The molecular weight excluding hydrogens is 1350 g/mol. The zero-order valence-electron chi connectivity index (χ0n) is 45.8. The number of carbonyl (C=O) groups excluding carboxylic acids is 1. The van der Waals surface area contributed by atoms with Gasteiger partial charge in [0.1, 0.15) is 31.3 Å². The summed E-state index contributed by atoms with van der Waals surface area (Å²) in [5, 5.41) is 11.1. The normalized spacial score (nSPS) is 10.9. The molecule has 2 N–H and O–H groups in total. The third-order valence-corrected chi connectivity index (χ3v) is 10.5. The van der Waals surface area contributed by atoms with Gasteiger partial charge in [-0.1, -0.05) is 60.4 Å². The first-order chi connectivity index (χ1) is 40.5. The molecule has 85 heavy (non-hydrogen) atoms. The summed E-state index contributed by atoms with van der Waals surface area (Å²) in [5.41, 5.74) is -2.31. The van der Waals surface area contributed by atoms with E-state index in [-0.39, 0.29) is 55.8 Å². The molecule has 0 saturated heterocycles. The molecule has 0 aliphatic carbocycles. The second-order valence-corrected chi connectivity index (χ2v) is 16.9. The number of ether oxygens (including phenoxy) is 9. The van der Waals surface area contributed by atoms with Crippen LogP contribution in [0.5, 0.6) is 11.5 Å². The fourth-order valence-corrected chi connectivity index (χ4v) is 6.35. The largest absolute Gasteiger partial charge is 0.491 e. The van der Waals surface area contributed by atoms with E-state index < -0.39 is 52.8 Å². The molecule has 6 aromatic rings. The number of nitrogens with one attached hydrogen (secondary N) is 1. The molecule has 471 valence electrons. The van der Waals surface area contributed by atoms with Gasteiger partial charge in [0.2, 0.25) is 0 Å². The smallest absolute Gasteiger partial charge is 0.417 e. The van der Waals surface area contributed by atoms with Crippen LogP contribution in [0, 0.1) is 35.4 Å². The summed E-state index contributed by atoms with van der Waals surface area (Å²) in [6.07, 6.45) is 2.78. The number of hydrogen-bond donors (Lipinski definition) is 2. The van der Waals surface area contributed by atoms with E-state index >= 15 is 0 Å². The maximum Gasteiger partial charge on any atom is 0.417 e. The van der Waals surface area contributed by atoms with E-state index in [2.05, 4.69) is 37.4 Å². The fourth-order valence-electron chi connectivity index (χ4n) is 6.16. The average molecular weight is 1410 g/mol. The minimum atomic E-state index is -4.50. The van der Waals surface area contributed by atoms with Gasteiger partial charge in [-0.25, -0.2) is 4.79 Å². The van der Waals surface area contributed by atoms with Crippen LogP contribution in [0.1, 0.15) is 36.8 Å². The number of hydrogen-bond acceptors (Lipinski definition) is 15. The van der Waals surface area contributed by atoms with Gasteiger partial charge in [-0.15, -0.1) is 35.9 Å². The number of aromatic nitrogens is 4. The van der Waals surface area contributed by atoms with Crippen LogP contribution in [0.4, 0.5) is 48.7 Å². The number of nitrogens with zero attached hydrogens (tertiary/aromatic N) is 4. The van der Waals surface area contributed by atoms with Crippen molar-refractivity contribution in [3.63, 3.8) is 0 Å². The number of alkyl halides is 7. The Hall–Kier alpha value is -6.13. The van der Waals surface area contributed by atoms with E-state index in [1.165, 1.54) is 0 Å². The van der Waals surface area contributed by atoms with Crippen LogP contribution in [0.3, 0.4) is 0 Å². The number of carbonyl (C=O) groups is 1. The Morgan fingerprint density at radius 1 is 0.518 bits per heavy atom. The zero-order chi connectivity index (χ0) is 61.1. The third kappa shape index (κ3) is 35.2. The monoisotopic (exact) mass is 1410 g/mol. The molecule has 0 aliphatic heterocycles. The van der Waals surface area contributed by atoms with Gasteiger partial charge >= 0.3 is 18.4 Å². The molecule has 0 atom stereocenters. The van der Waals surface area contributed by atoms with Crippen LogP contribution in [0.25, 0.3) is 22.5 Å². The molecule has 0 unspecified atom stereocenters. The van der Waals surface area contributed by atoms with E-state index in [9.17, 15) is 48.7 Å². The molecule has 28 heteroatoms. The van der Waals surface area contributed by atoms with E-state index in [0.29, 0.717) is 117 Å². The number of rotatable bonds is 33. The van der Waals surface area contributed by atoms with Crippen molar-refractivity contribution in [2.45, 2.75) is 38.0 Å². The number of alkyl carbamates (subject to hydrolysis) is 1. The van der Waals surface area contributed by atoms with Crippen LogP contribution >= 0.6 is 11.6 Å². The Morgan fingerprint density at radius 2 is 0.918 bits per heavy atom. The summed E-state index contributed by atoms with van der Waals surface area (Å²) in [6.45, 7) is 7.30. The van der Waals surface area contributed by atoms with Gasteiger partial charge in [0.15, 0.2) is 0 Å². The van der Waals surface area contributed by atoms with Gasteiger partial charge in [-0.2, -0.15) is 26.3 Å². The van der Waals surface area contributed by atoms with Crippen molar-refractivity contribution < 1.29 is 117 Å². The van der Waals surface area contributed by atoms with Crippen molar-refractivity contribution in [2.24, 2.45) is 0 Å². The molecule has 6 rings (SSSR count). The minimum absolute atomic E-state index is 0. The third-order valence-electron chi connectivity index (χ3n) is 10.2. The second kappa shape index (κ2) is 45.2. The fraction of sp³-hybridized carbons (Fsp3) is 0.421. The number of aliphatic hydroxyl groups excluding tert-OH is 1. The van der Waals surface area contributed by atoms with Crippen LogP contribution in [-0.4, -0.2) is 149 Å². The number of benzene rings is 2. The molecule has 1 radical (unpaired) electrons. The molecule has 0 spiro atoms. The summed E-state index contributed by atoms with van der Waals surface area (Å²) >= 11 is 5.62. The Kier molecular flexibility index (Phi) is 39.9. The molecule has 0 bridgehead atoms. The molecule has 0 aliphatic rings. The molecule has 0 saturated carbocycles. The Morgan fingerprint density at radius 3 is 1.32 bits per heavy atom. The van der Waals surface area contributed by atoms with Gasteiger partial charge in [0.25, 0.3) is 0 Å². The van der Waals surface area contributed by atoms with Crippen LogP contribution in [-0.2, 0) is 65.6 Å². The molecule has 16 nitrogen and oxygen atoms in total. The van der Waals surface area contributed by atoms with E-state index in [1.54, 1.807) is 49.1 Å². The standard InChI is InChI=1S/C22H37ClN2O7.2C12H5F5N.C11H17NO4.Ir/c23-7-3-1-2-4-11-27-13-14-28-12-10-25-22(26)32-20-18-30-16-15-29-17-19-31-21-5-8-24-9-6-21;2*13-8-2-3-9(10(14)5-8)11-4-1-7(6-18-11)12(15,16)17;13-5-6-14-7-8-15-9-10-16-11-1-3-12-4-2-11;/h5-6,8-9H,1-4,7,10-20H2,(H,25,26);2*1-2,4-6H;1-4,13H,5-10H2;/q;2*-1;;. The Balaban J connectivity index is 0.000000402. The van der Waals surface area contributed by atoms with Gasteiger partial charge in [0, 0.05) is 99.6 Å². The van der Waals surface area contributed by atoms with Crippen molar-refractivity contribution >= 4 is 17.7 Å². The number of halogens is 11. The molecular formula is C57H64ClF10IrN5O11-2. The average Bonchev–Trinajstić information content (AvgIpc) is 3.68. The summed E-state index contributed by atoms with van der Waals surface area (Å²) in [4.78, 5) is 26.3. The molecule has 2 aromatic carbocycles. The first kappa shape index (κ1) is 75.0. The summed E-state index contributed by atoms with van der Waals surface area (Å²) < 4.78 is 173. The molecule has 1 amide bonds. The predicted octanol–water partition coefficient (Wildman–Crippen LogP) is 11.2. The second-order valence-electron chi connectivity index (χ2n) is 16.6. The Bertz CT molecular complexity index is 2550. The molecule has 4 aromatic heterocycles. The minimum Gasteiger partial charge on any atom is -0.491 e. The summed E-state index contributed by atoms with van der Waals surface area (Å²) in [7, 11) is 0. The first-order valence-electron chi connectivity index (χ1n) is 25.9. The number of unbranched alkanes of at least 4 members (excludes halogenated alkanes) is 3.